The minimum absolute atomic E-state index is 0.0360. The van der Waals surface area contributed by atoms with Crippen molar-refractivity contribution in [3.63, 3.8) is 0 Å². The number of carbonyl (C=O) groups excluding carboxylic acids is 2. The zero-order valence-electron chi connectivity index (χ0n) is 12.4. The fourth-order valence-electron chi connectivity index (χ4n) is 1.91. The minimum Gasteiger partial charge on any atom is -0.326 e. The van der Waals surface area contributed by atoms with Gasteiger partial charge >= 0.3 is 0 Å². The molecule has 2 N–H and O–H groups in total. The molecule has 0 unspecified atom stereocenters. The van der Waals surface area contributed by atoms with Gasteiger partial charge in [-0.2, -0.15) is 0 Å². The molecule has 22 heavy (non-hydrogen) atoms. The fourth-order valence-corrected chi connectivity index (χ4v) is 2.51. The number of hydrogen-bond acceptors (Lipinski definition) is 2. The highest BCUT2D eigenvalue weighted by atomic mass is 127. The monoisotopic (exact) mass is 408 g/mol. The molecule has 0 saturated heterocycles. The van der Waals surface area contributed by atoms with Crippen molar-refractivity contribution in [1.82, 2.24) is 0 Å². The normalized spacial score (nSPS) is 10.1. The Bertz CT molecular complexity index is 696. The molecule has 2 rings (SSSR count). The van der Waals surface area contributed by atoms with Gasteiger partial charge in [-0.05, 0) is 65.4 Å². The summed E-state index contributed by atoms with van der Waals surface area (Å²) in [5.74, 6) is -0.176. The summed E-state index contributed by atoms with van der Waals surface area (Å²) < 4.78 is 0.949. The minimum atomic E-state index is -0.140. The zero-order valence-corrected chi connectivity index (χ0v) is 14.6. The van der Waals surface area contributed by atoms with E-state index in [1.54, 1.807) is 37.3 Å². The van der Waals surface area contributed by atoms with E-state index in [0.29, 0.717) is 17.7 Å². The predicted octanol–water partition coefficient (Wildman–Crippen LogP) is 4.20. The SMILES string of the molecule is CCC(=O)Nc1ccc(NC(=O)c2cccc(C)c2I)cc1. The maximum atomic E-state index is 12.3. The van der Waals surface area contributed by atoms with Gasteiger partial charge in [0.05, 0.1) is 5.56 Å². The maximum absolute atomic E-state index is 12.3. The topological polar surface area (TPSA) is 58.2 Å². The van der Waals surface area contributed by atoms with Crippen LogP contribution in [0.5, 0.6) is 0 Å². The van der Waals surface area contributed by atoms with Crippen molar-refractivity contribution in [2.45, 2.75) is 20.3 Å². The summed E-state index contributed by atoms with van der Waals surface area (Å²) in [5, 5.41) is 5.63. The number of hydrogen-bond donors (Lipinski definition) is 2. The summed E-state index contributed by atoms with van der Waals surface area (Å²) in [6.45, 7) is 3.77. The van der Waals surface area contributed by atoms with Crippen molar-refractivity contribution in [2.24, 2.45) is 0 Å². The Hall–Kier alpha value is -1.89. The number of rotatable bonds is 4. The highest BCUT2D eigenvalue weighted by Crippen LogP contribution is 2.19. The third-order valence-corrected chi connectivity index (χ3v) is 4.62. The molecular weight excluding hydrogens is 391 g/mol. The van der Waals surface area contributed by atoms with Gasteiger partial charge in [-0.15, -0.1) is 0 Å². The van der Waals surface area contributed by atoms with Crippen molar-refractivity contribution in [1.29, 1.82) is 0 Å². The number of anilines is 2. The molecule has 0 spiro atoms. The van der Waals surface area contributed by atoms with Crippen LogP contribution >= 0.6 is 22.6 Å². The third-order valence-electron chi connectivity index (χ3n) is 3.18. The Labute approximate surface area is 143 Å². The number of nitrogens with one attached hydrogen (secondary N) is 2. The Morgan fingerprint density at radius 2 is 1.59 bits per heavy atom. The third kappa shape index (κ3) is 4.07. The van der Waals surface area contributed by atoms with Crippen LogP contribution in [0.15, 0.2) is 42.5 Å². The van der Waals surface area contributed by atoms with E-state index >= 15 is 0 Å². The summed E-state index contributed by atoms with van der Waals surface area (Å²) in [6.07, 6.45) is 0.435. The molecule has 2 aromatic rings. The largest absolute Gasteiger partial charge is 0.326 e. The van der Waals surface area contributed by atoms with Gasteiger partial charge in [-0.25, -0.2) is 0 Å². The van der Waals surface area contributed by atoms with Gasteiger partial charge in [0.1, 0.15) is 0 Å². The molecule has 0 aromatic heterocycles. The van der Waals surface area contributed by atoms with E-state index in [2.05, 4.69) is 33.2 Å². The molecule has 0 atom stereocenters. The molecule has 114 valence electrons. The first-order chi connectivity index (χ1) is 10.5. The van der Waals surface area contributed by atoms with Gasteiger partial charge in [0.25, 0.3) is 5.91 Å². The molecule has 0 fully saturated rings. The number of halogens is 1. The summed E-state index contributed by atoms with van der Waals surface area (Å²) in [7, 11) is 0. The van der Waals surface area contributed by atoms with Crippen LogP contribution in [0.1, 0.15) is 29.3 Å². The van der Waals surface area contributed by atoms with E-state index in [-0.39, 0.29) is 11.8 Å². The van der Waals surface area contributed by atoms with Crippen LogP contribution in [-0.2, 0) is 4.79 Å². The van der Waals surface area contributed by atoms with Crippen LogP contribution < -0.4 is 10.6 Å². The lowest BCUT2D eigenvalue weighted by Gasteiger charge is -2.09. The summed E-state index contributed by atoms with van der Waals surface area (Å²) in [6, 6.07) is 12.7. The average Bonchev–Trinajstić information content (AvgIpc) is 2.51. The van der Waals surface area contributed by atoms with Crippen molar-refractivity contribution in [3.8, 4) is 0 Å². The lowest BCUT2D eigenvalue weighted by atomic mass is 10.1. The van der Waals surface area contributed by atoms with E-state index in [9.17, 15) is 9.59 Å². The van der Waals surface area contributed by atoms with Crippen molar-refractivity contribution in [2.75, 3.05) is 10.6 Å². The van der Waals surface area contributed by atoms with Crippen LogP contribution in [0.25, 0.3) is 0 Å². The van der Waals surface area contributed by atoms with E-state index in [0.717, 1.165) is 14.8 Å². The molecule has 2 amide bonds. The molecule has 0 radical (unpaired) electrons. The van der Waals surface area contributed by atoms with E-state index in [4.69, 9.17) is 0 Å². The van der Waals surface area contributed by atoms with Gasteiger partial charge < -0.3 is 10.6 Å². The molecule has 0 aliphatic carbocycles. The standard InChI is InChI=1S/C17H17IN2O2/c1-3-15(21)19-12-7-9-13(10-8-12)20-17(22)14-6-4-5-11(2)16(14)18/h4-10H,3H2,1-2H3,(H,19,21)(H,20,22). The van der Waals surface area contributed by atoms with Gasteiger partial charge in [0.15, 0.2) is 0 Å². The molecular formula is C17H17IN2O2. The van der Waals surface area contributed by atoms with Crippen LogP contribution in [0.4, 0.5) is 11.4 Å². The predicted molar refractivity (Wildman–Crippen MR) is 97.2 cm³/mol. The zero-order chi connectivity index (χ0) is 16.1. The first kappa shape index (κ1) is 16.5. The van der Waals surface area contributed by atoms with Crippen molar-refractivity contribution < 1.29 is 9.59 Å². The maximum Gasteiger partial charge on any atom is 0.256 e. The van der Waals surface area contributed by atoms with Gasteiger partial charge in [-0.1, -0.05) is 19.1 Å². The number of benzene rings is 2. The second-order valence-corrected chi connectivity index (χ2v) is 5.95. The summed E-state index contributed by atoms with van der Waals surface area (Å²) in [5.41, 5.74) is 3.14. The van der Waals surface area contributed by atoms with E-state index in [1.807, 2.05) is 19.1 Å². The fraction of sp³-hybridized carbons (Fsp3) is 0.176. The molecule has 2 aromatic carbocycles. The quantitative estimate of drug-likeness (QED) is 0.746. The van der Waals surface area contributed by atoms with Crippen LogP contribution in [0, 0.1) is 10.5 Å². The van der Waals surface area contributed by atoms with Crippen molar-refractivity contribution in [3.05, 3.63) is 57.2 Å². The first-order valence-electron chi connectivity index (χ1n) is 6.97. The van der Waals surface area contributed by atoms with Gasteiger partial charge in [-0.3, -0.25) is 9.59 Å². The summed E-state index contributed by atoms with van der Waals surface area (Å²) in [4.78, 5) is 23.6. The second-order valence-electron chi connectivity index (χ2n) is 4.87. The smallest absolute Gasteiger partial charge is 0.256 e. The Kier molecular flexibility index (Phi) is 5.54. The molecule has 4 nitrogen and oxygen atoms in total. The second kappa shape index (κ2) is 7.40. The van der Waals surface area contributed by atoms with Crippen LogP contribution in [0.3, 0.4) is 0 Å². The van der Waals surface area contributed by atoms with Crippen molar-refractivity contribution >= 4 is 45.8 Å². The highest BCUT2D eigenvalue weighted by molar-refractivity contribution is 14.1. The van der Waals surface area contributed by atoms with Crippen LogP contribution in [-0.4, -0.2) is 11.8 Å². The van der Waals surface area contributed by atoms with E-state index < -0.39 is 0 Å². The Morgan fingerprint density at radius 3 is 2.18 bits per heavy atom. The Morgan fingerprint density at radius 1 is 1.00 bits per heavy atom. The molecule has 0 aliphatic rings. The first-order valence-corrected chi connectivity index (χ1v) is 8.05. The molecule has 0 heterocycles. The molecule has 0 bridgehead atoms. The highest BCUT2D eigenvalue weighted by Gasteiger charge is 2.11. The number of aryl methyl sites for hydroxylation is 1. The number of carbonyl (C=O) groups is 2. The lowest BCUT2D eigenvalue weighted by Crippen LogP contribution is -2.14. The van der Waals surface area contributed by atoms with E-state index in [1.165, 1.54) is 0 Å². The lowest BCUT2D eigenvalue weighted by molar-refractivity contribution is -0.115. The Balaban J connectivity index is 2.09. The number of amides is 2. The summed E-state index contributed by atoms with van der Waals surface area (Å²) >= 11 is 2.18. The molecule has 5 heteroatoms. The molecule has 0 saturated carbocycles. The van der Waals surface area contributed by atoms with Gasteiger partial charge in [0.2, 0.25) is 5.91 Å². The average molecular weight is 408 g/mol. The van der Waals surface area contributed by atoms with Gasteiger partial charge in [0, 0.05) is 21.4 Å². The van der Waals surface area contributed by atoms with Crippen LogP contribution in [0.2, 0.25) is 0 Å². The molecule has 0 aliphatic heterocycles.